The third kappa shape index (κ3) is 6.11. The van der Waals surface area contributed by atoms with Crippen LogP contribution in [0.3, 0.4) is 0 Å². The summed E-state index contributed by atoms with van der Waals surface area (Å²) in [4.78, 5) is 23.9. The number of halogens is 2. The number of carbonyl (C=O) groups excluding carboxylic acids is 2. The van der Waals surface area contributed by atoms with Gasteiger partial charge < -0.3 is 4.74 Å². The summed E-state index contributed by atoms with van der Waals surface area (Å²) in [6.07, 6.45) is 0. The zero-order chi connectivity index (χ0) is 19.1. The smallest absolute Gasteiger partial charge is 0.276 e. The summed E-state index contributed by atoms with van der Waals surface area (Å²) in [5.74, 6) is -0.297. The Morgan fingerprint density at radius 1 is 1.19 bits per heavy atom. The van der Waals surface area contributed by atoms with Crippen molar-refractivity contribution < 1.29 is 14.3 Å². The second kappa shape index (κ2) is 9.70. The molecular formula is C17H15ClIN3O3S. The lowest BCUT2D eigenvalue weighted by molar-refractivity contribution is -0.123. The van der Waals surface area contributed by atoms with Gasteiger partial charge in [0.2, 0.25) is 0 Å². The molecule has 0 saturated carbocycles. The van der Waals surface area contributed by atoms with Crippen molar-refractivity contribution in [3.63, 3.8) is 0 Å². The van der Waals surface area contributed by atoms with E-state index >= 15 is 0 Å². The number of thiocarbonyl (C=S) groups is 1. The number of benzene rings is 2. The van der Waals surface area contributed by atoms with E-state index in [9.17, 15) is 9.59 Å². The molecule has 0 bridgehead atoms. The molecule has 0 aliphatic rings. The Morgan fingerprint density at radius 3 is 2.62 bits per heavy atom. The van der Waals surface area contributed by atoms with E-state index in [1.54, 1.807) is 30.3 Å². The first-order chi connectivity index (χ1) is 12.4. The lowest BCUT2D eigenvalue weighted by Gasteiger charge is -2.12. The van der Waals surface area contributed by atoms with Crippen LogP contribution in [-0.4, -0.2) is 23.5 Å². The Morgan fingerprint density at radius 2 is 1.92 bits per heavy atom. The van der Waals surface area contributed by atoms with Gasteiger partial charge in [0.15, 0.2) is 11.7 Å². The quantitative estimate of drug-likeness (QED) is 0.340. The van der Waals surface area contributed by atoms with Crippen molar-refractivity contribution in [1.29, 1.82) is 0 Å². The van der Waals surface area contributed by atoms with Gasteiger partial charge in [0.05, 0.1) is 5.56 Å². The Bertz CT molecular complexity index is 848. The average molecular weight is 504 g/mol. The Hall–Kier alpha value is -1.91. The summed E-state index contributed by atoms with van der Waals surface area (Å²) in [7, 11) is 0. The summed E-state index contributed by atoms with van der Waals surface area (Å²) in [5, 5.41) is 3.09. The highest BCUT2D eigenvalue weighted by molar-refractivity contribution is 14.1. The first-order valence-corrected chi connectivity index (χ1v) is 9.27. The van der Waals surface area contributed by atoms with Crippen LogP contribution in [0.1, 0.15) is 15.9 Å². The molecule has 2 aromatic carbocycles. The molecule has 0 saturated heterocycles. The minimum absolute atomic E-state index is 0.0228. The fourth-order valence-electron chi connectivity index (χ4n) is 1.87. The Balaban J connectivity index is 1.76. The molecule has 0 unspecified atom stereocenters. The van der Waals surface area contributed by atoms with Crippen LogP contribution >= 0.6 is 46.4 Å². The van der Waals surface area contributed by atoms with Gasteiger partial charge in [0.1, 0.15) is 5.75 Å². The van der Waals surface area contributed by atoms with E-state index < -0.39 is 5.91 Å². The van der Waals surface area contributed by atoms with Gasteiger partial charge in [-0.05, 0) is 77.6 Å². The number of ether oxygens (including phenoxy) is 1. The fraction of sp³-hybridized carbons (Fsp3) is 0.118. The first kappa shape index (κ1) is 20.4. The fourth-order valence-corrected chi connectivity index (χ4v) is 2.76. The Kier molecular flexibility index (Phi) is 7.61. The van der Waals surface area contributed by atoms with Crippen LogP contribution in [0.25, 0.3) is 0 Å². The van der Waals surface area contributed by atoms with Crippen molar-refractivity contribution in [3.05, 3.63) is 62.2 Å². The van der Waals surface area contributed by atoms with Gasteiger partial charge in [-0.2, -0.15) is 0 Å². The largest absolute Gasteiger partial charge is 0.484 e. The van der Waals surface area contributed by atoms with Gasteiger partial charge >= 0.3 is 0 Å². The molecular weight excluding hydrogens is 489 g/mol. The molecule has 3 N–H and O–H groups in total. The van der Waals surface area contributed by atoms with Crippen LogP contribution in [-0.2, 0) is 4.79 Å². The molecule has 0 radical (unpaired) electrons. The van der Waals surface area contributed by atoms with Crippen molar-refractivity contribution >= 4 is 63.3 Å². The molecule has 0 aromatic heterocycles. The summed E-state index contributed by atoms with van der Waals surface area (Å²) in [6, 6.07) is 12.2. The van der Waals surface area contributed by atoms with Crippen LogP contribution in [0.2, 0.25) is 5.02 Å². The van der Waals surface area contributed by atoms with E-state index in [0.717, 1.165) is 9.13 Å². The molecule has 0 spiro atoms. The van der Waals surface area contributed by atoms with Gasteiger partial charge in [-0.1, -0.05) is 23.7 Å². The molecule has 2 aromatic rings. The number of hydrogen-bond acceptors (Lipinski definition) is 4. The lowest BCUT2D eigenvalue weighted by atomic mass is 10.2. The second-order valence-corrected chi connectivity index (χ2v) is 7.11. The van der Waals surface area contributed by atoms with Crippen molar-refractivity contribution in [1.82, 2.24) is 16.2 Å². The molecule has 0 atom stereocenters. The second-order valence-electron chi connectivity index (χ2n) is 5.14. The van der Waals surface area contributed by atoms with Crippen LogP contribution in [0.4, 0.5) is 0 Å². The van der Waals surface area contributed by atoms with Gasteiger partial charge in [-0.15, -0.1) is 0 Å². The van der Waals surface area contributed by atoms with E-state index in [1.165, 1.54) is 0 Å². The first-order valence-electron chi connectivity index (χ1n) is 7.40. The molecule has 6 nitrogen and oxygen atoms in total. The van der Waals surface area contributed by atoms with Gasteiger partial charge in [-0.25, -0.2) is 0 Å². The van der Waals surface area contributed by atoms with E-state index in [0.29, 0.717) is 16.3 Å². The topological polar surface area (TPSA) is 79.5 Å². The third-order valence-corrected chi connectivity index (χ3v) is 4.73. The van der Waals surface area contributed by atoms with Crippen LogP contribution in [0.15, 0.2) is 42.5 Å². The van der Waals surface area contributed by atoms with Crippen LogP contribution in [0, 0.1) is 10.5 Å². The monoisotopic (exact) mass is 503 g/mol. The van der Waals surface area contributed by atoms with Crippen LogP contribution < -0.4 is 20.9 Å². The van der Waals surface area contributed by atoms with E-state index in [-0.39, 0.29) is 17.6 Å². The summed E-state index contributed by atoms with van der Waals surface area (Å²) in [5.41, 5.74) is 6.15. The van der Waals surface area contributed by atoms with Crippen molar-refractivity contribution in [2.75, 3.05) is 6.61 Å². The molecule has 2 amide bonds. The van der Waals surface area contributed by atoms with Crippen molar-refractivity contribution in [2.45, 2.75) is 6.92 Å². The highest BCUT2D eigenvalue weighted by Crippen LogP contribution is 2.20. The molecule has 0 aliphatic carbocycles. The van der Waals surface area contributed by atoms with E-state index in [4.69, 9.17) is 28.6 Å². The molecule has 136 valence electrons. The lowest BCUT2D eigenvalue weighted by Crippen LogP contribution is -2.49. The maximum atomic E-state index is 12.1. The molecule has 26 heavy (non-hydrogen) atoms. The standard InChI is InChI=1S/C17H15ClIN3O3S/c1-10-8-11(6-7-13(10)18)25-9-15(23)21-22-17(26)20-16(24)12-4-2-3-5-14(12)19/h2-8H,9H2,1H3,(H,21,23)(H2,20,22,24,26). The molecule has 0 aliphatic heterocycles. The Labute approximate surface area is 174 Å². The number of hydrogen-bond donors (Lipinski definition) is 3. The molecule has 2 rings (SSSR count). The van der Waals surface area contributed by atoms with Crippen molar-refractivity contribution in [2.24, 2.45) is 0 Å². The maximum Gasteiger partial charge on any atom is 0.276 e. The SMILES string of the molecule is Cc1cc(OCC(=O)NNC(=S)NC(=O)c2ccccc2I)ccc1Cl. The molecule has 9 heteroatoms. The highest BCUT2D eigenvalue weighted by Gasteiger charge is 2.11. The number of aryl methyl sites for hydroxylation is 1. The number of hydrazine groups is 1. The minimum Gasteiger partial charge on any atom is -0.484 e. The molecule has 0 heterocycles. The van der Waals surface area contributed by atoms with E-state index in [2.05, 4.69) is 38.8 Å². The molecule has 0 fully saturated rings. The number of rotatable bonds is 4. The summed E-state index contributed by atoms with van der Waals surface area (Å²) in [6.45, 7) is 1.62. The zero-order valence-corrected chi connectivity index (χ0v) is 17.4. The summed E-state index contributed by atoms with van der Waals surface area (Å²) >= 11 is 13.0. The normalized spacial score (nSPS) is 9.96. The maximum absolute atomic E-state index is 12.1. The van der Waals surface area contributed by atoms with Gasteiger partial charge in [0.25, 0.3) is 11.8 Å². The van der Waals surface area contributed by atoms with Gasteiger partial charge in [0, 0.05) is 8.59 Å². The summed E-state index contributed by atoms with van der Waals surface area (Å²) < 4.78 is 6.15. The minimum atomic E-state index is -0.455. The zero-order valence-electron chi connectivity index (χ0n) is 13.6. The predicted molar refractivity (Wildman–Crippen MR) is 112 cm³/mol. The van der Waals surface area contributed by atoms with Gasteiger partial charge in [-0.3, -0.25) is 25.8 Å². The number of nitrogens with one attached hydrogen (secondary N) is 3. The van der Waals surface area contributed by atoms with Crippen molar-refractivity contribution in [3.8, 4) is 5.75 Å². The number of carbonyl (C=O) groups is 2. The highest BCUT2D eigenvalue weighted by atomic mass is 127. The number of amides is 2. The predicted octanol–water partition coefficient (Wildman–Crippen LogP) is 2.97. The van der Waals surface area contributed by atoms with E-state index in [1.807, 2.05) is 19.1 Å². The third-order valence-electron chi connectivity index (χ3n) is 3.16. The average Bonchev–Trinajstić information content (AvgIpc) is 2.61. The van der Waals surface area contributed by atoms with Crippen LogP contribution in [0.5, 0.6) is 5.75 Å².